The third-order valence-corrected chi connectivity index (χ3v) is 5.98. The van der Waals surface area contributed by atoms with E-state index in [9.17, 15) is 14.7 Å². The van der Waals surface area contributed by atoms with Gasteiger partial charge in [0, 0.05) is 6.61 Å². The van der Waals surface area contributed by atoms with Gasteiger partial charge in [-0.1, -0.05) is 6.92 Å². The van der Waals surface area contributed by atoms with Gasteiger partial charge < -0.3 is 15.2 Å². The molecule has 7 nitrogen and oxygen atoms in total. The first-order valence-electron chi connectivity index (χ1n) is 8.20. The average Bonchev–Trinajstić information content (AvgIpc) is 3.30. The van der Waals surface area contributed by atoms with Gasteiger partial charge >= 0.3 is 5.97 Å². The number of nitrogens with one attached hydrogen (secondary N) is 1. The van der Waals surface area contributed by atoms with Crippen LogP contribution < -0.4 is 5.32 Å². The second kappa shape index (κ2) is 7.56. The van der Waals surface area contributed by atoms with Crippen LogP contribution in [0.25, 0.3) is 10.2 Å². The number of hydrogen-bond acceptors (Lipinski definition) is 6. The van der Waals surface area contributed by atoms with E-state index in [4.69, 9.17) is 4.74 Å². The zero-order chi connectivity index (χ0) is 18.8. The molecule has 0 fully saturated rings. The number of carbonyl (C=O) groups excluding carboxylic acids is 1. The van der Waals surface area contributed by atoms with Crippen LogP contribution in [0.15, 0.2) is 17.5 Å². The Morgan fingerprint density at radius 1 is 1.42 bits per heavy atom. The van der Waals surface area contributed by atoms with Crippen molar-refractivity contribution in [1.29, 1.82) is 0 Å². The molecule has 9 heteroatoms. The molecule has 0 saturated carbocycles. The number of thiophene rings is 2. The summed E-state index contributed by atoms with van der Waals surface area (Å²) in [5, 5.41) is 19.1. The third kappa shape index (κ3) is 3.37. The first-order valence-corrected chi connectivity index (χ1v) is 9.90. The third-order valence-electron chi connectivity index (χ3n) is 3.91. The summed E-state index contributed by atoms with van der Waals surface area (Å²) in [6.45, 7) is 6.19. The zero-order valence-corrected chi connectivity index (χ0v) is 16.2. The largest absolute Gasteiger partial charge is 0.477 e. The molecule has 0 aliphatic carbocycles. The fourth-order valence-corrected chi connectivity index (χ4v) is 4.57. The van der Waals surface area contributed by atoms with Crippen molar-refractivity contribution < 1.29 is 19.4 Å². The minimum absolute atomic E-state index is 0.190. The summed E-state index contributed by atoms with van der Waals surface area (Å²) in [4.78, 5) is 25.5. The predicted molar refractivity (Wildman–Crippen MR) is 103 cm³/mol. The molecule has 0 bridgehead atoms. The van der Waals surface area contributed by atoms with Gasteiger partial charge in [-0.2, -0.15) is 5.10 Å². The summed E-state index contributed by atoms with van der Waals surface area (Å²) < 4.78 is 7.19. The van der Waals surface area contributed by atoms with Crippen LogP contribution in [-0.2, 0) is 11.2 Å². The van der Waals surface area contributed by atoms with Crippen LogP contribution >= 0.6 is 22.7 Å². The standard InChI is InChI=1S/C17H19N3O4S2/c1-4-10-6-7-25-13(10)15(21)18-14-11-8-12(17(22)23)26-16(11)20(19-14)9(3)24-5-2/h6-9H,4-5H2,1-3H3,(H,22,23)(H,18,19,21). The number of carboxylic acid groups (broad SMARTS) is 1. The molecule has 0 saturated heterocycles. The number of anilines is 1. The highest BCUT2D eigenvalue weighted by atomic mass is 32.1. The molecule has 1 amide bonds. The minimum atomic E-state index is -1.01. The molecule has 3 aromatic rings. The Morgan fingerprint density at radius 3 is 2.85 bits per heavy atom. The molecule has 1 unspecified atom stereocenters. The molecule has 0 aliphatic heterocycles. The molecule has 3 heterocycles. The van der Waals surface area contributed by atoms with Gasteiger partial charge in [-0.05, 0) is 43.3 Å². The Labute approximate surface area is 158 Å². The highest BCUT2D eigenvalue weighted by Gasteiger charge is 2.22. The smallest absolute Gasteiger partial charge is 0.345 e. The van der Waals surface area contributed by atoms with Gasteiger partial charge in [0.2, 0.25) is 0 Å². The second-order valence-electron chi connectivity index (χ2n) is 5.57. The Bertz CT molecular complexity index is 957. The SMILES string of the molecule is CCOC(C)n1nc(NC(=O)c2sccc2CC)c2cc(C(=O)O)sc21. The maximum atomic E-state index is 12.6. The number of aromatic nitrogens is 2. The molecule has 138 valence electrons. The summed E-state index contributed by atoms with van der Waals surface area (Å²) >= 11 is 2.49. The van der Waals surface area contributed by atoms with E-state index in [1.165, 1.54) is 17.4 Å². The van der Waals surface area contributed by atoms with E-state index in [2.05, 4.69) is 10.4 Å². The van der Waals surface area contributed by atoms with Crippen LogP contribution in [0, 0.1) is 0 Å². The molecule has 2 N–H and O–H groups in total. The molecule has 3 aromatic heterocycles. The van der Waals surface area contributed by atoms with Crippen molar-refractivity contribution in [3.63, 3.8) is 0 Å². The lowest BCUT2D eigenvalue weighted by molar-refractivity contribution is 0.0197. The van der Waals surface area contributed by atoms with E-state index >= 15 is 0 Å². The first-order chi connectivity index (χ1) is 12.5. The molecule has 3 rings (SSSR count). The van der Waals surface area contributed by atoms with Crippen molar-refractivity contribution in [2.24, 2.45) is 0 Å². The van der Waals surface area contributed by atoms with E-state index in [1.54, 1.807) is 4.68 Å². The number of carbonyl (C=O) groups is 2. The van der Waals surface area contributed by atoms with E-state index < -0.39 is 5.97 Å². The van der Waals surface area contributed by atoms with Gasteiger partial charge in [0.25, 0.3) is 5.91 Å². The molecule has 1 atom stereocenters. The number of carboxylic acids is 1. The maximum absolute atomic E-state index is 12.6. The Kier molecular flexibility index (Phi) is 5.40. The number of aryl methyl sites for hydroxylation is 1. The van der Waals surface area contributed by atoms with E-state index in [0.29, 0.717) is 27.5 Å². The van der Waals surface area contributed by atoms with Crippen LogP contribution in [0.3, 0.4) is 0 Å². The van der Waals surface area contributed by atoms with Gasteiger partial charge in [-0.15, -0.1) is 22.7 Å². The number of aromatic carboxylic acids is 1. The minimum Gasteiger partial charge on any atom is -0.477 e. The topological polar surface area (TPSA) is 93.5 Å². The molecular formula is C17H19N3O4S2. The summed E-state index contributed by atoms with van der Waals surface area (Å²) in [6.07, 6.45) is 0.389. The Balaban J connectivity index is 2.01. The van der Waals surface area contributed by atoms with Crippen LogP contribution in [0.1, 0.15) is 51.9 Å². The molecule has 0 spiro atoms. The average molecular weight is 393 g/mol. The molecular weight excluding hydrogens is 374 g/mol. The number of amides is 1. The van der Waals surface area contributed by atoms with Crippen LogP contribution in [0.2, 0.25) is 0 Å². The normalized spacial score (nSPS) is 12.4. The van der Waals surface area contributed by atoms with Crippen LogP contribution in [0.4, 0.5) is 5.82 Å². The number of hydrogen-bond donors (Lipinski definition) is 2. The van der Waals surface area contributed by atoms with Crippen molar-refractivity contribution in [2.45, 2.75) is 33.4 Å². The van der Waals surface area contributed by atoms with E-state index in [0.717, 1.165) is 23.3 Å². The second-order valence-corrected chi connectivity index (χ2v) is 7.51. The van der Waals surface area contributed by atoms with Crippen molar-refractivity contribution in [3.05, 3.63) is 32.8 Å². The van der Waals surface area contributed by atoms with Gasteiger partial charge in [-0.25, -0.2) is 9.48 Å². The van der Waals surface area contributed by atoms with Gasteiger partial charge in [-0.3, -0.25) is 4.79 Å². The highest BCUT2D eigenvalue weighted by Crippen LogP contribution is 2.34. The fourth-order valence-electron chi connectivity index (χ4n) is 2.66. The van der Waals surface area contributed by atoms with Crippen molar-refractivity contribution in [3.8, 4) is 0 Å². The lowest BCUT2D eigenvalue weighted by atomic mass is 10.2. The predicted octanol–water partition coefficient (Wildman–Crippen LogP) is 4.23. The Morgan fingerprint density at radius 2 is 2.19 bits per heavy atom. The van der Waals surface area contributed by atoms with Crippen LogP contribution in [-0.4, -0.2) is 33.4 Å². The molecule has 0 radical (unpaired) electrons. The number of rotatable bonds is 7. The maximum Gasteiger partial charge on any atom is 0.345 e. The van der Waals surface area contributed by atoms with Crippen molar-refractivity contribution >= 4 is 50.6 Å². The summed E-state index contributed by atoms with van der Waals surface area (Å²) in [6, 6.07) is 3.47. The quantitative estimate of drug-likeness (QED) is 0.627. The summed E-state index contributed by atoms with van der Waals surface area (Å²) in [7, 11) is 0. The first kappa shape index (κ1) is 18.6. The monoisotopic (exact) mass is 393 g/mol. The van der Waals surface area contributed by atoms with Crippen LogP contribution in [0.5, 0.6) is 0 Å². The number of nitrogens with zero attached hydrogens (tertiary/aromatic N) is 2. The number of ether oxygens (including phenoxy) is 1. The van der Waals surface area contributed by atoms with E-state index in [1.807, 2.05) is 32.2 Å². The highest BCUT2D eigenvalue weighted by molar-refractivity contribution is 7.20. The summed E-state index contributed by atoms with van der Waals surface area (Å²) in [5.74, 6) is -0.906. The van der Waals surface area contributed by atoms with Crippen molar-refractivity contribution in [2.75, 3.05) is 11.9 Å². The molecule has 0 aliphatic rings. The molecule has 26 heavy (non-hydrogen) atoms. The van der Waals surface area contributed by atoms with E-state index in [-0.39, 0.29) is 17.0 Å². The lowest BCUT2D eigenvalue weighted by Crippen LogP contribution is -2.14. The summed E-state index contributed by atoms with van der Waals surface area (Å²) in [5.41, 5.74) is 0.974. The van der Waals surface area contributed by atoms with Gasteiger partial charge in [0.15, 0.2) is 5.82 Å². The number of fused-ring (bicyclic) bond motifs is 1. The zero-order valence-electron chi connectivity index (χ0n) is 14.6. The van der Waals surface area contributed by atoms with Crippen molar-refractivity contribution in [1.82, 2.24) is 9.78 Å². The Hall–Kier alpha value is -2.23. The molecule has 0 aromatic carbocycles. The van der Waals surface area contributed by atoms with Gasteiger partial charge in [0.05, 0.1) is 10.3 Å². The lowest BCUT2D eigenvalue weighted by Gasteiger charge is -2.12. The van der Waals surface area contributed by atoms with Gasteiger partial charge in [0.1, 0.15) is 15.9 Å². The fraction of sp³-hybridized carbons (Fsp3) is 0.353.